The molecule has 2 aromatic carbocycles. The molecule has 30 heavy (non-hydrogen) atoms. The lowest BCUT2D eigenvalue weighted by atomic mass is 10.3. The van der Waals surface area contributed by atoms with Crippen LogP contribution in [-0.4, -0.2) is 10.9 Å². The average Bonchev–Trinajstić information content (AvgIpc) is 3.14. The molecule has 5 nitrogen and oxygen atoms in total. The van der Waals surface area contributed by atoms with Gasteiger partial charge in [0.1, 0.15) is 11.6 Å². The Labute approximate surface area is 180 Å². The number of ether oxygens (including phenoxy) is 1. The number of thiophene rings is 1. The van der Waals surface area contributed by atoms with Gasteiger partial charge in [-0.1, -0.05) is 24.2 Å². The van der Waals surface area contributed by atoms with E-state index in [2.05, 4.69) is 22.2 Å². The number of hydrogen-bond acceptors (Lipinski definition) is 5. The van der Waals surface area contributed by atoms with Crippen LogP contribution < -0.4 is 15.4 Å². The number of rotatable bonds is 6. The van der Waals surface area contributed by atoms with E-state index >= 15 is 0 Å². The molecular weight excluding hydrogens is 425 g/mol. The fraction of sp³-hybridized carbons (Fsp3) is 0. The maximum absolute atomic E-state index is 13.4. The second kappa shape index (κ2) is 8.52. The number of pyridine rings is 1. The summed E-state index contributed by atoms with van der Waals surface area (Å²) in [5, 5.41) is 7.61. The van der Waals surface area contributed by atoms with Gasteiger partial charge in [-0.3, -0.25) is 4.79 Å². The number of amides is 1. The Morgan fingerprint density at radius 2 is 2.03 bits per heavy atom. The maximum Gasteiger partial charge on any atom is 0.247 e. The van der Waals surface area contributed by atoms with Crippen LogP contribution >= 0.6 is 22.9 Å². The summed E-state index contributed by atoms with van der Waals surface area (Å²) in [5.41, 5.74) is 1.26. The Bertz CT molecular complexity index is 1260. The Morgan fingerprint density at radius 1 is 1.17 bits per heavy atom. The van der Waals surface area contributed by atoms with Crippen LogP contribution in [0.2, 0.25) is 5.02 Å². The van der Waals surface area contributed by atoms with E-state index in [1.165, 1.54) is 29.5 Å². The zero-order chi connectivity index (χ0) is 21.1. The summed E-state index contributed by atoms with van der Waals surface area (Å²) >= 11 is 7.36. The van der Waals surface area contributed by atoms with Gasteiger partial charge in [-0.15, -0.1) is 11.3 Å². The summed E-state index contributed by atoms with van der Waals surface area (Å²) in [6.45, 7) is 3.44. The molecule has 2 aromatic heterocycles. The zero-order valence-electron chi connectivity index (χ0n) is 15.5. The van der Waals surface area contributed by atoms with E-state index < -0.39 is 5.82 Å². The van der Waals surface area contributed by atoms with Crippen LogP contribution in [0.25, 0.3) is 10.1 Å². The smallest absolute Gasteiger partial charge is 0.247 e. The summed E-state index contributed by atoms with van der Waals surface area (Å²) in [6, 6.07) is 15.2. The van der Waals surface area contributed by atoms with Gasteiger partial charge in [-0.2, -0.15) is 0 Å². The van der Waals surface area contributed by atoms with E-state index in [9.17, 15) is 9.18 Å². The van der Waals surface area contributed by atoms with Gasteiger partial charge < -0.3 is 15.4 Å². The van der Waals surface area contributed by atoms with Gasteiger partial charge in [0.15, 0.2) is 0 Å². The van der Waals surface area contributed by atoms with Gasteiger partial charge in [0.2, 0.25) is 11.8 Å². The van der Waals surface area contributed by atoms with Crippen LogP contribution in [0.5, 0.6) is 11.6 Å². The molecule has 150 valence electrons. The first-order valence-corrected chi connectivity index (χ1v) is 10.0. The minimum Gasteiger partial charge on any atom is -0.438 e. The Morgan fingerprint density at radius 3 is 2.83 bits per heavy atom. The topological polar surface area (TPSA) is 63.2 Å². The van der Waals surface area contributed by atoms with Crippen LogP contribution in [0.3, 0.4) is 0 Å². The number of nitrogens with zero attached hydrogens (tertiary/aromatic N) is 1. The van der Waals surface area contributed by atoms with Gasteiger partial charge in [0.25, 0.3) is 0 Å². The molecule has 2 N–H and O–H groups in total. The van der Waals surface area contributed by atoms with Gasteiger partial charge in [0, 0.05) is 28.3 Å². The third-order valence-electron chi connectivity index (χ3n) is 4.10. The van der Waals surface area contributed by atoms with Crippen molar-refractivity contribution in [1.82, 2.24) is 4.98 Å². The highest BCUT2D eigenvalue weighted by molar-refractivity contribution is 7.22. The SMILES string of the molecule is C=CC(=O)Nc1cccc(Oc2nccc3sc(Nc4ccc(F)c(Cl)c4)cc23)c1. The number of anilines is 3. The van der Waals surface area contributed by atoms with E-state index in [0.29, 0.717) is 23.0 Å². The van der Waals surface area contributed by atoms with Gasteiger partial charge in [-0.05, 0) is 48.5 Å². The van der Waals surface area contributed by atoms with Gasteiger partial charge in [-0.25, -0.2) is 9.37 Å². The molecule has 0 aliphatic rings. The van der Waals surface area contributed by atoms with Crippen molar-refractivity contribution in [3.8, 4) is 11.6 Å². The van der Waals surface area contributed by atoms with Crippen molar-refractivity contribution in [2.75, 3.05) is 10.6 Å². The molecule has 0 atom stereocenters. The van der Waals surface area contributed by atoms with E-state index in [0.717, 1.165) is 15.1 Å². The molecule has 0 radical (unpaired) electrons. The summed E-state index contributed by atoms with van der Waals surface area (Å²) in [6.07, 6.45) is 2.86. The highest BCUT2D eigenvalue weighted by Crippen LogP contribution is 2.38. The second-order valence-corrected chi connectivity index (χ2v) is 7.71. The number of carbonyl (C=O) groups is 1. The van der Waals surface area contributed by atoms with E-state index in [1.54, 1.807) is 36.5 Å². The third kappa shape index (κ3) is 4.42. The molecule has 1 amide bonds. The van der Waals surface area contributed by atoms with Gasteiger partial charge >= 0.3 is 0 Å². The number of fused-ring (bicyclic) bond motifs is 1. The highest BCUT2D eigenvalue weighted by Gasteiger charge is 2.11. The lowest BCUT2D eigenvalue weighted by Crippen LogP contribution is -2.06. The number of halogens is 2. The number of carbonyl (C=O) groups excluding carboxylic acids is 1. The van der Waals surface area contributed by atoms with E-state index in [1.807, 2.05) is 12.1 Å². The molecule has 0 aliphatic heterocycles. The van der Waals surface area contributed by atoms with Crippen molar-refractivity contribution in [2.45, 2.75) is 0 Å². The molecular formula is C22H15ClFN3O2S. The fourth-order valence-electron chi connectivity index (χ4n) is 2.74. The average molecular weight is 440 g/mol. The normalized spacial score (nSPS) is 10.6. The molecule has 0 spiro atoms. The van der Waals surface area contributed by atoms with Crippen LogP contribution in [0.4, 0.5) is 20.8 Å². The maximum atomic E-state index is 13.4. The number of nitrogens with one attached hydrogen (secondary N) is 2. The van der Waals surface area contributed by atoms with Gasteiger partial charge in [0.05, 0.1) is 15.4 Å². The Kier molecular flexibility index (Phi) is 5.65. The predicted molar refractivity (Wildman–Crippen MR) is 120 cm³/mol. The largest absolute Gasteiger partial charge is 0.438 e. The molecule has 0 saturated carbocycles. The summed E-state index contributed by atoms with van der Waals surface area (Å²) in [7, 11) is 0. The van der Waals surface area contributed by atoms with Crippen molar-refractivity contribution in [1.29, 1.82) is 0 Å². The van der Waals surface area contributed by atoms with Crippen molar-refractivity contribution in [3.63, 3.8) is 0 Å². The first-order chi connectivity index (χ1) is 14.5. The molecule has 0 bridgehead atoms. The monoisotopic (exact) mass is 439 g/mol. The van der Waals surface area contributed by atoms with Crippen molar-refractivity contribution < 1.29 is 13.9 Å². The van der Waals surface area contributed by atoms with Crippen LogP contribution in [-0.2, 0) is 4.79 Å². The molecule has 2 heterocycles. The Balaban J connectivity index is 1.59. The lowest BCUT2D eigenvalue weighted by Gasteiger charge is -2.08. The first-order valence-electron chi connectivity index (χ1n) is 8.84. The van der Waals surface area contributed by atoms with Crippen molar-refractivity contribution in [3.05, 3.63) is 84.3 Å². The third-order valence-corrected chi connectivity index (χ3v) is 5.40. The molecule has 4 rings (SSSR count). The number of benzene rings is 2. The second-order valence-electron chi connectivity index (χ2n) is 6.22. The van der Waals surface area contributed by atoms with Crippen molar-refractivity contribution >= 4 is 55.3 Å². The molecule has 0 unspecified atom stereocenters. The molecule has 8 heteroatoms. The molecule has 4 aromatic rings. The summed E-state index contributed by atoms with van der Waals surface area (Å²) < 4.78 is 20.3. The number of hydrogen-bond donors (Lipinski definition) is 2. The number of aromatic nitrogens is 1. The van der Waals surface area contributed by atoms with Crippen LogP contribution in [0.1, 0.15) is 0 Å². The lowest BCUT2D eigenvalue weighted by molar-refractivity contribution is -0.111. The molecule has 0 saturated heterocycles. The minimum atomic E-state index is -0.468. The Hall–Kier alpha value is -3.42. The zero-order valence-corrected chi connectivity index (χ0v) is 17.1. The summed E-state index contributed by atoms with van der Waals surface area (Å²) in [4.78, 5) is 15.8. The van der Waals surface area contributed by atoms with Crippen molar-refractivity contribution in [2.24, 2.45) is 0 Å². The van der Waals surface area contributed by atoms with E-state index in [4.69, 9.17) is 16.3 Å². The molecule has 0 aliphatic carbocycles. The highest BCUT2D eigenvalue weighted by atomic mass is 35.5. The standard InChI is InChI=1S/C22H15ClFN3O2S/c1-2-20(28)26-13-4-3-5-15(10-13)29-22-16-12-21(30-19(16)8-9-25-22)27-14-6-7-18(24)17(23)11-14/h2-12,27H,1H2,(H,26,28). The minimum absolute atomic E-state index is 0.0511. The first kappa shape index (κ1) is 19.9. The summed E-state index contributed by atoms with van der Waals surface area (Å²) in [5.74, 6) is 0.191. The predicted octanol–water partition coefficient (Wildman–Crippen LogP) is 6.75. The van der Waals surface area contributed by atoms with E-state index in [-0.39, 0.29) is 10.9 Å². The molecule has 0 fully saturated rings. The van der Waals surface area contributed by atoms with Crippen LogP contribution in [0.15, 0.2) is 73.4 Å². The fourth-order valence-corrected chi connectivity index (χ4v) is 3.89. The van der Waals surface area contributed by atoms with Crippen LogP contribution in [0, 0.1) is 5.82 Å². The quantitative estimate of drug-likeness (QED) is 0.326.